The number of rotatable bonds is 5. The first-order valence-corrected chi connectivity index (χ1v) is 13.1. The van der Waals surface area contributed by atoms with Crippen LogP contribution < -0.4 is 10.1 Å². The number of benzene rings is 3. The van der Waals surface area contributed by atoms with E-state index in [0.29, 0.717) is 32.4 Å². The second-order valence-corrected chi connectivity index (χ2v) is 11.2. The predicted molar refractivity (Wildman–Crippen MR) is 134 cm³/mol. The van der Waals surface area contributed by atoms with Crippen LogP contribution >= 0.6 is 35.0 Å². The number of fused-ring (bicyclic) bond motifs is 1. The number of anilines is 1. The largest absolute Gasteiger partial charge is 0.427 e. The third-order valence-electron chi connectivity index (χ3n) is 4.84. The van der Waals surface area contributed by atoms with Crippen LogP contribution in [0.2, 0.25) is 10.0 Å². The minimum Gasteiger partial charge on any atom is -0.427 e. The average molecular weight is 534 g/mol. The maximum Gasteiger partial charge on any atom is 0.308 e. The highest BCUT2D eigenvalue weighted by molar-refractivity contribution is 8.04. The molecule has 1 N–H and O–H groups in total. The normalized spacial score (nSPS) is 14.4. The molecule has 0 atom stereocenters. The Morgan fingerprint density at radius 1 is 1.06 bits per heavy atom. The molecule has 34 heavy (non-hydrogen) atoms. The molecular weight excluding hydrogens is 517 g/mol. The van der Waals surface area contributed by atoms with Crippen molar-refractivity contribution in [3.8, 4) is 5.75 Å². The van der Waals surface area contributed by atoms with Crippen LogP contribution in [0.5, 0.6) is 5.75 Å². The van der Waals surface area contributed by atoms with E-state index in [-0.39, 0.29) is 26.6 Å². The molecule has 0 bridgehead atoms. The molecule has 1 aliphatic rings. The first-order valence-electron chi connectivity index (χ1n) is 9.91. The van der Waals surface area contributed by atoms with Crippen molar-refractivity contribution < 1.29 is 22.7 Å². The van der Waals surface area contributed by atoms with Crippen molar-refractivity contribution in [2.24, 2.45) is 0 Å². The van der Waals surface area contributed by atoms with Crippen LogP contribution in [0.15, 0.2) is 75.4 Å². The Labute approximate surface area is 210 Å². The Bertz CT molecular complexity index is 1410. The van der Waals surface area contributed by atoms with Gasteiger partial charge in [-0.15, -0.1) is 0 Å². The van der Waals surface area contributed by atoms with Gasteiger partial charge in [0.2, 0.25) is 0 Å². The number of carbonyl (C=O) groups excluding carboxylic acids is 2. The lowest BCUT2D eigenvalue weighted by molar-refractivity contribution is -0.131. The fourth-order valence-corrected chi connectivity index (χ4v) is 6.41. The van der Waals surface area contributed by atoms with Gasteiger partial charge in [0.05, 0.1) is 21.2 Å². The zero-order chi connectivity index (χ0) is 24.5. The number of halogens is 2. The van der Waals surface area contributed by atoms with Gasteiger partial charge in [-0.1, -0.05) is 53.2 Å². The molecule has 0 saturated carbocycles. The number of thioether (sulfide) groups is 1. The van der Waals surface area contributed by atoms with E-state index in [1.54, 1.807) is 54.6 Å². The summed E-state index contributed by atoms with van der Waals surface area (Å²) < 4.78 is 31.2. The van der Waals surface area contributed by atoms with Crippen molar-refractivity contribution >= 4 is 68.4 Å². The minimum atomic E-state index is -3.75. The van der Waals surface area contributed by atoms with Gasteiger partial charge in [0.1, 0.15) is 5.75 Å². The Kier molecular flexibility index (Phi) is 7.04. The molecule has 0 fully saturated rings. The van der Waals surface area contributed by atoms with E-state index >= 15 is 0 Å². The van der Waals surface area contributed by atoms with Crippen molar-refractivity contribution in [1.82, 2.24) is 0 Å². The fourth-order valence-electron chi connectivity index (χ4n) is 3.22. The lowest BCUT2D eigenvalue weighted by Gasteiger charge is -2.19. The standard InChI is InChI=1S/C24H17Cl2NO5S2/c1-14(28)32-16-7-5-15(6-8-16)11-23-24(29)27-21-10-9-17(12-22(21)33-23)34(30,31)13-18-19(25)3-2-4-20(18)26/h2-12H,13H2,1H3,(H,27,29). The topological polar surface area (TPSA) is 89.5 Å². The Morgan fingerprint density at radius 3 is 2.38 bits per heavy atom. The third-order valence-corrected chi connectivity index (χ3v) is 8.27. The molecule has 1 heterocycles. The zero-order valence-electron chi connectivity index (χ0n) is 17.7. The minimum absolute atomic E-state index is 0.0935. The molecule has 1 aliphatic heterocycles. The van der Waals surface area contributed by atoms with Gasteiger partial charge in [0.25, 0.3) is 5.91 Å². The Hall–Kier alpha value is -2.78. The molecule has 6 nitrogen and oxygen atoms in total. The molecule has 3 aromatic rings. The summed E-state index contributed by atoms with van der Waals surface area (Å²) in [5.74, 6) is -0.680. The molecule has 0 unspecified atom stereocenters. The highest BCUT2D eigenvalue weighted by Crippen LogP contribution is 2.41. The number of amides is 1. The number of ether oxygens (including phenoxy) is 1. The first kappa shape index (κ1) is 24.3. The summed E-state index contributed by atoms with van der Waals surface area (Å²) in [6.45, 7) is 1.31. The summed E-state index contributed by atoms with van der Waals surface area (Å²) in [7, 11) is -3.75. The van der Waals surface area contributed by atoms with E-state index in [1.165, 1.54) is 19.1 Å². The van der Waals surface area contributed by atoms with Crippen LogP contribution in [0.25, 0.3) is 6.08 Å². The second-order valence-electron chi connectivity index (χ2n) is 7.34. The average Bonchev–Trinajstić information content (AvgIpc) is 2.77. The molecule has 3 aromatic carbocycles. The Morgan fingerprint density at radius 2 is 1.74 bits per heavy atom. The van der Waals surface area contributed by atoms with Crippen molar-refractivity contribution in [2.45, 2.75) is 22.5 Å². The summed E-state index contributed by atoms with van der Waals surface area (Å²) in [5, 5.41) is 3.34. The summed E-state index contributed by atoms with van der Waals surface area (Å²) in [6, 6.07) is 16.0. The first-order chi connectivity index (χ1) is 16.1. The lowest BCUT2D eigenvalue weighted by atomic mass is 10.2. The van der Waals surface area contributed by atoms with Gasteiger partial charge in [0, 0.05) is 27.4 Å². The van der Waals surface area contributed by atoms with E-state index in [2.05, 4.69) is 5.32 Å². The molecule has 0 aliphatic carbocycles. The predicted octanol–water partition coefficient (Wildman–Crippen LogP) is 5.98. The summed E-state index contributed by atoms with van der Waals surface area (Å²) in [6.07, 6.45) is 1.67. The van der Waals surface area contributed by atoms with Crippen molar-refractivity contribution in [1.29, 1.82) is 0 Å². The summed E-state index contributed by atoms with van der Waals surface area (Å²) in [4.78, 5) is 24.7. The Balaban J connectivity index is 1.60. The SMILES string of the molecule is CC(=O)Oc1ccc(C=C2Sc3cc(S(=O)(=O)Cc4c(Cl)cccc4Cl)ccc3NC2=O)cc1. The number of nitrogens with one attached hydrogen (secondary N) is 1. The van der Waals surface area contributed by atoms with Crippen LogP contribution in [0.4, 0.5) is 5.69 Å². The lowest BCUT2D eigenvalue weighted by Crippen LogP contribution is -2.17. The smallest absolute Gasteiger partial charge is 0.308 e. The van der Waals surface area contributed by atoms with Gasteiger partial charge in [-0.3, -0.25) is 9.59 Å². The molecule has 10 heteroatoms. The second kappa shape index (κ2) is 9.84. The fraction of sp³-hybridized carbons (Fsp3) is 0.0833. The number of sulfone groups is 1. The molecule has 0 spiro atoms. The molecule has 0 aromatic heterocycles. The number of hydrogen-bond acceptors (Lipinski definition) is 6. The molecular formula is C24H17Cl2NO5S2. The van der Waals surface area contributed by atoms with E-state index in [4.69, 9.17) is 27.9 Å². The highest BCUT2D eigenvalue weighted by atomic mass is 35.5. The highest BCUT2D eigenvalue weighted by Gasteiger charge is 2.25. The van der Waals surface area contributed by atoms with Gasteiger partial charge in [-0.25, -0.2) is 8.42 Å². The summed E-state index contributed by atoms with van der Waals surface area (Å²) >= 11 is 13.5. The molecule has 0 radical (unpaired) electrons. The van der Waals surface area contributed by atoms with Crippen LogP contribution in [-0.4, -0.2) is 20.3 Å². The van der Waals surface area contributed by atoms with E-state index in [1.807, 2.05) is 0 Å². The molecule has 0 saturated heterocycles. The molecule has 174 valence electrons. The van der Waals surface area contributed by atoms with Crippen LogP contribution in [0.1, 0.15) is 18.1 Å². The van der Waals surface area contributed by atoms with Crippen molar-refractivity contribution in [3.63, 3.8) is 0 Å². The number of esters is 1. The zero-order valence-corrected chi connectivity index (χ0v) is 20.8. The maximum absolute atomic E-state index is 13.1. The van der Waals surface area contributed by atoms with E-state index in [9.17, 15) is 18.0 Å². The van der Waals surface area contributed by atoms with Crippen LogP contribution in [-0.2, 0) is 25.2 Å². The third kappa shape index (κ3) is 5.47. The maximum atomic E-state index is 13.1. The van der Waals surface area contributed by atoms with Gasteiger partial charge in [0.15, 0.2) is 9.84 Å². The van der Waals surface area contributed by atoms with Crippen LogP contribution in [0.3, 0.4) is 0 Å². The van der Waals surface area contributed by atoms with Crippen molar-refractivity contribution in [2.75, 3.05) is 5.32 Å². The quantitative estimate of drug-likeness (QED) is 0.246. The van der Waals surface area contributed by atoms with E-state index < -0.39 is 15.8 Å². The number of carbonyl (C=O) groups is 2. The van der Waals surface area contributed by atoms with Gasteiger partial charge < -0.3 is 10.1 Å². The van der Waals surface area contributed by atoms with Crippen LogP contribution in [0, 0.1) is 0 Å². The van der Waals surface area contributed by atoms with Gasteiger partial charge in [-0.2, -0.15) is 0 Å². The molecule has 1 amide bonds. The monoisotopic (exact) mass is 533 g/mol. The van der Waals surface area contributed by atoms with E-state index in [0.717, 1.165) is 11.8 Å². The summed E-state index contributed by atoms with van der Waals surface area (Å²) in [5.41, 5.74) is 1.57. The number of hydrogen-bond donors (Lipinski definition) is 1. The van der Waals surface area contributed by atoms with Gasteiger partial charge >= 0.3 is 5.97 Å². The van der Waals surface area contributed by atoms with Crippen molar-refractivity contribution in [3.05, 3.63) is 86.7 Å². The van der Waals surface area contributed by atoms with Gasteiger partial charge in [-0.05, 0) is 54.1 Å². The molecule has 4 rings (SSSR count).